The summed E-state index contributed by atoms with van der Waals surface area (Å²) in [5.74, 6) is 0.640. The highest BCUT2D eigenvalue weighted by Gasteiger charge is 2.13. The fraction of sp³-hybridized carbons (Fsp3) is 0.0526. The first-order valence-electron chi connectivity index (χ1n) is 7.41. The van der Waals surface area contributed by atoms with Crippen molar-refractivity contribution in [3.63, 3.8) is 0 Å². The first-order valence-corrected chi connectivity index (χ1v) is 9.47. The van der Waals surface area contributed by atoms with Gasteiger partial charge in [-0.3, -0.25) is 4.79 Å². The number of thioether (sulfide) groups is 1. The Morgan fingerprint density at radius 2 is 1.75 bits per heavy atom. The summed E-state index contributed by atoms with van der Waals surface area (Å²) in [7, 11) is 0. The summed E-state index contributed by atoms with van der Waals surface area (Å²) in [6.07, 6.45) is 1.72. The molecule has 1 N–H and O–H groups in total. The van der Waals surface area contributed by atoms with Crippen LogP contribution >= 0.6 is 34.4 Å². The second kappa shape index (κ2) is 8.30. The number of hydrogen-bond acceptors (Lipinski definition) is 3. The van der Waals surface area contributed by atoms with E-state index in [9.17, 15) is 4.79 Å². The first-order chi connectivity index (χ1) is 11.7. The van der Waals surface area contributed by atoms with Crippen molar-refractivity contribution in [2.75, 3.05) is 5.32 Å². The normalized spacial score (nSPS) is 10.4. The van der Waals surface area contributed by atoms with Gasteiger partial charge in [-0.15, -0.1) is 11.8 Å². The third-order valence-corrected chi connectivity index (χ3v) is 5.13. The Morgan fingerprint density at radius 1 is 1.00 bits per heavy atom. The van der Waals surface area contributed by atoms with Gasteiger partial charge in [-0.25, -0.2) is 4.98 Å². The van der Waals surface area contributed by atoms with E-state index in [0.29, 0.717) is 5.56 Å². The summed E-state index contributed by atoms with van der Waals surface area (Å²) < 4.78 is 1.13. The third kappa shape index (κ3) is 4.58. The van der Waals surface area contributed by atoms with Crippen LogP contribution in [0.2, 0.25) is 0 Å². The van der Waals surface area contributed by atoms with Crippen LogP contribution in [-0.2, 0) is 5.75 Å². The monoisotopic (exact) mass is 446 g/mol. The molecule has 0 unspecified atom stereocenters. The number of aromatic nitrogens is 1. The number of hydrogen-bond donors (Lipinski definition) is 1. The third-order valence-electron chi connectivity index (χ3n) is 3.34. The molecule has 0 saturated heterocycles. The summed E-state index contributed by atoms with van der Waals surface area (Å²) in [4.78, 5) is 16.9. The predicted octanol–water partition coefficient (Wildman–Crippen LogP) is 5.23. The standard InChI is InChI=1S/C19H15IN2OS/c20-15-8-10-16(11-9-15)22-18(23)17-7-4-12-21-19(17)24-13-14-5-2-1-3-6-14/h1-12H,13H2,(H,22,23). The predicted molar refractivity (Wildman–Crippen MR) is 107 cm³/mol. The number of carbonyl (C=O) groups excluding carboxylic acids is 1. The van der Waals surface area contributed by atoms with E-state index in [1.165, 1.54) is 5.56 Å². The molecule has 0 spiro atoms. The Balaban J connectivity index is 1.73. The van der Waals surface area contributed by atoms with Crippen LogP contribution in [0.25, 0.3) is 0 Å². The molecule has 3 nitrogen and oxygen atoms in total. The van der Waals surface area contributed by atoms with Gasteiger partial charge in [0.1, 0.15) is 5.03 Å². The van der Waals surface area contributed by atoms with Gasteiger partial charge in [-0.2, -0.15) is 0 Å². The molecule has 5 heteroatoms. The maximum absolute atomic E-state index is 12.6. The number of pyridine rings is 1. The molecule has 0 atom stereocenters. The molecule has 0 radical (unpaired) electrons. The van der Waals surface area contributed by atoms with Crippen molar-refractivity contribution >= 4 is 45.9 Å². The Labute approximate surface area is 159 Å². The molecule has 2 aromatic carbocycles. The molecule has 0 aliphatic rings. The molecule has 1 heterocycles. The molecule has 24 heavy (non-hydrogen) atoms. The minimum atomic E-state index is -0.139. The largest absolute Gasteiger partial charge is 0.322 e. The van der Waals surface area contributed by atoms with Gasteiger partial charge in [0.2, 0.25) is 0 Å². The van der Waals surface area contributed by atoms with Crippen LogP contribution in [0.3, 0.4) is 0 Å². The maximum Gasteiger partial charge on any atom is 0.258 e. The molecule has 0 aliphatic heterocycles. The van der Waals surface area contributed by atoms with Crippen molar-refractivity contribution in [2.24, 2.45) is 0 Å². The molecular weight excluding hydrogens is 431 g/mol. The number of nitrogens with one attached hydrogen (secondary N) is 1. The number of rotatable bonds is 5. The van der Waals surface area contributed by atoms with Crippen molar-refractivity contribution < 1.29 is 4.79 Å². The van der Waals surface area contributed by atoms with Gasteiger partial charge >= 0.3 is 0 Å². The fourth-order valence-corrected chi connectivity index (χ4v) is 3.44. The zero-order chi connectivity index (χ0) is 16.8. The Hall–Kier alpha value is -1.86. The Morgan fingerprint density at radius 3 is 2.50 bits per heavy atom. The van der Waals surface area contributed by atoms with Crippen LogP contribution in [0.1, 0.15) is 15.9 Å². The van der Waals surface area contributed by atoms with E-state index >= 15 is 0 Å². The van der Waals surface area contributed by atoms with Gasteiger partial charge in [-0.05, 0) is 64.6 Å². The summed E-state index contributed by atoms with van der Waals surface area (Å²) in [5, 5.41) is 3.67. The number of nitrogens with zero attached hydrogens (tertiary/aromatic N) is 1. The quantitative estimate of drug-likeness (QED) is 0.431. The molecule has 1 aromatic heterocycles. The number of amides is 1. The van der Waals surface area contributed by atoms with Gasteiger partial charge in [0.15, 0.2) is 0 Å². The van der Waals surface area contributed by atoms with Crippen LogP contribution < -0.4 is 5.32 Å². The van der Waals surface area contributed by atoms with Crippen molar-refractivity contribution in [2.45, 2.75) is 10.8 Å². The highest BCUT2D eigenvalue weighted by Crippen LogP contribution is 2.25. The topological polar surface area (TPSA) is 42.0 Å². The zero-order valence-corrected chi connectivity index (χ0v) is 15.8. The minimum Gasteiger partial charge on any atom is -0.322 e. The first kappa shape index (κ1) is 17.0. The van der Waals surface area contributed by atoms with Crippen molar-refractivity contribution in [1.29, 1.82) is 0 Å². The fourth-order valence-electron chi connectivity index (χ4n) is 2.14. The molecule has 0 fully saturated rings. The van der Waals surface area contributed by atoms with E-state index in [1.54, 1.807) is 24.0 Å². The number of anilines is 1. The van der Waals surface area contributed by atoms with Crippen LogP contribution in [0.4, 0.5) is 5.69 Å². The SMILES string of the molecule is O=C(Nc1ccc(I)cc1)c1cccnc1SCc1ccccc1. The molecule has 3 aromatic rings. The van der Waals surface area contributed by atoms with Gasteiger partial charge in [0.25, 0.3) is 5.91 Å². The average Bonchev–Trinajstić information content (AvgIpc) is 2.63. The van der Waals surface area contributed by atoms with E-state index < -0.39 is 0 Å². The Kier molecular flexibility index (Phi) is 5.87. The lowest BCUT2D eigenvalue weighted by Crippen LogP contribution is -2.13. The lowest BCUT2D eigenvalue weighted by molar-refractivity contribution is 0.102. The zero-order valence-electron chi connectivity index (χ0n) is 12.8. The molecule has 0 bridgehead atoms. The maximum atomic E-state index is 12.6. The summed E-state index contributed by atoms with van der Waals surface area (Å²) in [6, 6.07) is 21.5. The van der Waals surface area contributed by atoms with Crippen LogP contribution in [-0.4, -0.2) is 10.9 Å². The van der Waals surface area contributed by atoms with Crippen molar-refractivity contribution in [3.8, 4) is 0 Å². The van der Waals surface area contributed by atoms with E-state index in [-0.39, 0.29) is 5.91 Å². The van der Waals surface area contributed by atoms with Crippen LogP contribution in [0, 0.1) is 3.57 Å². The van der Waals surface area contributed by atoms with Gasteiger partial charge < -0.3 is 5.32 Å². The second-order valence-corrected chi connectivity index (χ2v) is 7.30. The van der Waals surface area contributed by atoms with E-state index in [2.05, 4.69) is 45.0 Å². The van der Waals surface area contributed by atoms with Gasteiger partial charge in [0, 0.05) is 21.2 Å². The molecule has 1 amide bonds. The summed E-state index contributed by atoms with van der Waals surface area (Å²) in [6.45, 7) is 0. The van der Waals surface area contributed by atoms with Crippen LogP contribution in [0.15, 0.2) is 78.0 Å². The smallest absolute Gasteiger partial charge is 0.258 e. The number of halogens is 1. The Bertz CT molecular complexity index is 822. The highest BCUT2D eigenvalue weighted by atomic mass is 127. The molecule has 0 saturated carbocycles. The van der Waals surface area contributed by atoms with E-state index in [1.807, 2.05) is 48.5 Å². The average molecular weight is 446 g/mol. The number of benzene rings is 2. The molecule has 120 valence electrons. The van der Waals surface area contributed by atoms with Crippen LogP contribution in [0.5, 0.6) is 0 Å². The van der Waals surface area contributed by atoms with E-state index in [4.69, 9.17) is 0 Å². The van der Waals surface area contributed by atoms with Gasteiger partial charge in [-0.1, -0.05) is 30.3 Å². The molecular formula is C19H15IN2OS. The summed E-state index contributed by atoms with van der Waals surface area (Å²) in [5.41, 5.74) is 2.58. The van der Waals surface area contributed by atoms with Gasteiger partial charge in [0.05, 0.1) is 5.56 Å². The highest BCUT2D eigenvalue weighted by molar-refractivity contribution is 14.1. The lowest BCUT2D eigenvalue weighted by atomic mass is 10.2. The van der Waals surface area contributed by atoms with Crippen molar-refractivity contribution in [3.05, 3.63) is 87.6 Å². The second-order valence-electron chi connectivity index (χ2n) is 5.09. The minimum absolute atomic E-state index is 0.139. The molecule has 3 rings (SSSR count). The number of carbonyl (C=O) groups is 1. The molecule has 0 aliphatic carbocycles. The lowest BCUT2D eigenvalue weighted by Gasteiger charge is -2.09. The van der Waals surface area contributed by atoms with E-state index in [0.717, 1.165) is 20.0 Å². The van der Waals surface area contributed by atoms with Crippen molar-refractivity contribution in [1.82, 2.24) is 4.98 Å². The summed E-state index contributed by atoms with van der Waals surface area (Å²) >= 11 is 3.81.